The lowest BCUT2D eigenvalue weighted by Gasteiger charge is -2.36. The molecule has 0 unspecified atom stereocenters. The number of anilines is 1. The van der Waals surface area contributed by atoms with Crippen molar-refractivity contribution in [2.45, 2.75) is 44.1 Å². The van der Waals surface area contributed by atoms with Crippen molar-refractivity contribution in [3.05, 3.63) is 78.6 Å². The van der Waals surface area contributed by atoms with Gasteiger partial charge in [0.05, 0.1) is 17.7 Å². The smallest absolute Gasteiger partial charge is 0.410 e. The van der Waals surface area contributed by atoms with Gasteiger partial charge in [0.25, 0.3) is 10.0 Å². The molecule has 3 aromatic carbocycles. The molecule has 0 aromatic heterocycles. The van der Waals surface area contributed by atoms with Gasteiger partial charge in [0, 0.05) is 30.8 Å². The molecule has 0 atom stereocenters. The number of sulfonamides is 1. The van der Waals surface area contributed by atoms with E-state index >= 15 is 4.39 Å². The molecule has 1 aliphatic rings. The first kappa shape index (κ1) is 28.4. The fourth-order valence-corrected chi connectivity index (χ4v) is 6.24. The molecule has 1 heterocycles. The lowest BCUT2D eigenvalue weighted by molar-refractivity contribution is 0.0187. The van der Waals surface area contributed by atoms with E-state index in [9.17, 15) is 13.2 Å². The predicted octanol–water partition coefficient (Wildman–Crippen LogP) is 6.34. The van der Waals surface area contributed by atoms with E-state index in [-0.39, 0.29) is 29.0 Å². The van der Waals surface area contributed by atoms with Gasteiger partial charge in [0.1, 0.15) is 17.2 Å². The van der Waals surface area contributed by atoms with Crippen LogP contribution < -0.4 is 9.04 Å². The third-order valence-electron chi connectivity index (χ3n) is 6.66. The van der Waals surface area contributed by atoms with Crippen LogP contribution in [0.15, 0.2) is 77.7 Å². The Labute approximate surface area is 230 Å². The maximum absolute atomic E-state index is 15.0. The molecule has 1 fully saturated rings. The standard InChI is InChI=1S/C30H35FN2O5S/c1-30(2,3)38-29(34)32-18-16-22(17-19-32)21-33(39(35,36)24-10-6-5-7-11-24)28-15-14-23(37-4)20-26(28)25-12-8-9-13-27(25)31/h5-15,20,22H,16-19,21H2,1-4H3. The van der Waals surface area contributed by atoms with E-state index in [1.807, 2.05) is 20.8 Å². The monoisotopic (exact) mass is 554 g/mol. The minimum Gasteiger partial charge on any atom is -0.497 e. The molecule has 0 aliphatic carbocycles. The summed E-state index contributed by atoms with van der Waals surface area (Å²) < 4.78 is 55.4. The summed E-state index contributed by atoms with van der Waals surface area (Å²) in [7, 11) is -2.49. The average molecular weight is 555 g/mol. The number of hydrogen-bond acceptors (Lipinski definition) is 5. The van der Waals surface area contributed by atoms with E-state index in [2.05, 4.69) is 0 Å². The van der Waals surface area contributed by atoms with Crippen LogP contribution in [0.2, 0.25) is 0 Å². The second kappa shape index (κ2) is 11.7. The molecule has 0 bridgehead atoms. The Morgan fingerprint density at radius 1 is 0.974 bits per heavy atom. The number of hydrogen-bond donors (Lipinski definition) is 0. The SMILES string of the molecule is COc1ccc(N(CC2CCN(C(=O)OC(C)(C)C)CC2)S(=O)(=O)c2ccccc2)c(-c2ccccc2F)c1. The average Bonchev–Trinajstić information content (AvgIpc) is 2.91. The molecule has 0 saturated carbocycles. The molecule has 1 saturated heterocycles. The summed E-state index contributed by atoms with van der Waals surface area (Å²) in [4.78, 5) is 14.4. The zero-order chi connectivity index (χ0) is 28.2. The summed E-state index contributed by atoms with van der Waals surface area (Å²) in [6.45, 7) is 6.57. The van der Waals surface area contributed by atoms with E-state index in [1.165, 1.54) is 17.5 Å². The van der Waals surface area contributed by atoms with Gasteiger partial charge in [-0.3, -0.25) is 4.31 Å². The molecular weight excluding hydrogens is 519 g/mol. The minimum absolute atomic E-state index is 0.0299. The highest BCUT2D eigenvalue weighted by molar-refractivity contribution is 7.92. The van der Waals surface area contributed by atoms with E-state index in [0.29, 0.717) is 42.9 Å². The van der Waals surface area contributed by atoms with Gasteiger partial charge in [-0.25, -0.2) is 17.6 Å². The van der Waals surface area contributed by atoms with E-state index in [0.717, 1.165) is 0 Å². The second-order valence-electron chi connectivity index (χ2n) is 10.6. The number of likely N-dealkylation sites (tertiary alicyclic amines) is 1. The highest BCUT2D eigenvalue weighted by Crippen LogP contribution is 2.39. The summed E-state index contributed by atoms with van der Waals surface area (Å²) in [5.41, 5.74) is 0.461. The van der Waals surface area contributed by atoms with Crippen molar-refractivity contribution in [1.29, 1.82) is 0 Å². The first-order valence-corrected chi connectivity index (χ1v) is 14.4. The number of halogens is 1. The maximum atomic E-state index is 15.0. The van der Waals surface area contributed by atoms with Gasteiger partial charge in [-0.05, 0) is 75.9 Å². The molecular formula is C30H35FN2O5S. The van der Waals surface area contributed by atoms with Crippen LogP contribution in [0.1, 0.15) is 33.6 Å². The molecule has 0 radical (unpaired) electrons. The van der Waals surface area contributed by atoms with Gasteiger partial charge in [0.2, 0.25) is 0 Å². The Hall–Kier alpha value is -3.59. The van der Waals surface area contributed by atoms with Gasteiger partial charge in [-0.15, -0.1) is 0 Å². The Morgan fingerprint density at radius 2 is 1.62 bits per heavy atom. The summed E-state index contributed by atoms with van der Waals surface area (Å²) in [5, 5.41) is 0. The van der Waals surface area contributed by atoms with Crippen LogP contribution >= 0.6 is 0 Å². The zero-order valence-electron chi connectivity index (χ0n) is 22.8. The molecule has 1 amide bonds. The van der Waals surface area contributed by atoms with Gasteiger partial charge >= 0.3 is 6.09 Å². The topological polar surface area (TPSA) is 76.2 Å². The first-order valence-electron chi connectivity index (χ1n) is 13.0. The number of methoxy groups -OCH3 is 1. The summed E-state index contributed by atoms with van der Waals surface area (Å²) in [6, 6.07) is 19.5. The summed E-state index contributed by atoms with van der Waals surface area (Å²) in [5.74, 6) is -0.00721. The minimum atomic E-state index is -4.01. The van der Waals surface area contributed by atoms with Crippen molar-refractivity contribution in [3.8, 4) is 16.9 Å². The lowest BCUT2D eigenvalue weighted by Crippen LogP contribution is -2.44. The van der Waals surface area contributed by atoms with Gasteiger partial charge in [-0.1, -0.05) is 36.4 Å². The lowest BCUT2D eigenvalue weighted by atomic mass is 9.96. The number of nitrogens with zero attached hydrogens (tertiary/aromatic N) is 2. The van der Waals surface area contributed by atoms with Crippen molar-refractivity contribution in [1.82, 2.24) is 4.90 Å². The highest BCUT2D eigenvalue weighted by Gasteiger charge is 2.33. The molecule has 3 aromatic rings. The summed E-state index contributed by atoms with van der Waals surface area (Å²) in [6.07, 6.45) is 0.836. The first-order chi connectivity index (χ1) is 18.5. The largest absolute Gasteiger partial charge is 0.497 e. The highest BCUT2D eigenvalue weighted by atomic mass is 32.2. The number of carbonyl (C=O) groups is 1. The van der Waals surface area contributed by atoms with E-state index in [4.69, 9.17) is 9.47 Å². The Bertz CT molecular complexity index is 1400. The fraction of sp³-hybridized carbons (Fsp3) is 0.367. The fourth-order valence-electron chi connectivity index (χ4n) is 4.66. The molecule has 208 valence electrons. The molecule has 7 nitrogen and oxygen atoms in total. The van der Waals surface area contributed by atoms with Gasteiger partial charge in [-0.2, -0.15) is 0 Å². The number of rotatable bonds is 7. The Kier molecular flexibility index (Phi) is 8.49. The molecule has 4 rings (SSSR count). The van der Waals surface area contributed by atoms with Gasteiger partial charge < -0.3 is 14.4 Å². The molecule has 1 aliphatic heterocycles. The van der Waals surface area contributed by atoms with Crippen molar-refractivity contribution >= 4 is 21.8 Å². The molecule has 0 N–H and O–H groups in total. The van der Waals surface area contributed by atoms with Crippen molar-refractivity contribution in [2.75, 3.05) is 31.0 Å². The number of piperidine rings is 1. The third-order valence-corrected chi connectivity index (χ3v) is 8.45. The Balaban J connectivity index is 1.71. The summed E-state index contributed by atoms with van der Waals surface area (Å²) >= 11 is 0. The van der Waals surface area contributed by atoms with Crippen LogP contribution in [0.4, 0.5) is 14.9 Å². The Morgan fingerprint density at radius 3 is 2.23 bits per heavy atom. The van der Waals surface area contributed by atoms with Crippen LogP contribution in [-0.2, 0) is 14.8 Å². The van der Waals surface area contributed by atoms with Crippen LogP contribution in [0.5, 0.6) is 5.75 Å². The van der Waals surface area contributed by atoms with Crippen LogP contribution in [0, 0.1) is 11.7 Å². The molecule has 39 heavy (non-hydrogen) atoms. The molecule has 0 spiro atoms. The van der Waals surface area contributed by atoms with Crippen molar-refractivity contribution in [3.63, 3.8) is 0 Å². The zero-order valence-corrected chi connectivity index (χ0v) is 23.6. The third kappa shape index (κ3) is 6.71. The predicted molar refractivity (Wildman–Crippen MR) is 150 cm³/mol. The number of ether oxygens (including phenoxy) is 2. The normalized spacial score (nSPS) is 14.6. The van der Waals surface area contributed by atoms with Crippen molar-refractivity contribution < 1.29 is 27.1 Å². The molecule has 9 heteroatoms. The van der Waals surface area contributed by atoms with E-state index in [1.54, 1.807) is 71.6 Å². The number of carbonyl (C=O) groups excluding carboxylic acids is 1. The second-order valence-corrected chi connectivity index (χ2v) is 12.5. The van der Waals surface area contributed by atoms with Gasteiger partial charge in [0.15, 0.2) is 0 Å². The quantitative estimate of drug-likeness (QED) is 0.341. The number of amides is 1. The maximum Gasteiger partial charge on any atom is 0.410 e. The number of benzene rings is 3. The van der Waals surface area contributed by atoms with E-state index < -0.39 is 21.4 Å². The van der Waals surface area contributed by atoms with Crippen LogP contribution in [-0.4, -0.2) is 51.8 Å². The van der Waals surface area contributed by atoms with Crippen LogP contribution in [0.3, 0.4) is 0 Å². The van der Waals surface area contributed by atoms with Crippen LogP contribution in [0.25, 0.3) is 11.1 Å². The van der Waals surface area contributed by atoms with Crippen molar-refractivity contribution in [2.24, 2.45) is 5.92 Å².